The van der Waals surface area contributed by atoms with Gasteiger partial charge in [0.05, 0.1) is 24.0 Å². The van der Waals surface area contributed by atoms with Crippen LogP contribution in [0.1, 0.15) is 17.2 Å². The van der Waals surface area contributed by atoms with Crippen LogP contribution >= 0.6 is 0 Å². The molecule has 2 amide bonds. The number of hydrogen-bond acceptors (Lipinski definition) is 4. The van der Waals surface area contributed by atoms with Crippen molar-refractivity contribution in [3.05, 3.63) is 71.4 Å². The highest BCUT2D eigenvalue weighted by Crippen LogP contribution is 2.33. The Labute approximate surface area is 216 Å². The number of amides is 2. The van der Waals surface area contributed by atoms with Gasteiger partial charge in [-0.3, -0.25) is 9.58 Å². The number of aromatic nitrogens is 2. The lowest BCUT2D eigenvalue weighted by atomic mass is 9.94. The largest absolute Gasteiger partial charge is 0.408 e. The minimum atomic E-state index is -4.50. The van der Waals surface area contributed by atoms with Crippen molar-refractivity contribution >= 4 is 11.7 Å². The van der Waals surface area contributed by atoms with Gasteiger partial charge < -0.3 is 15.4 Å². The normalized spacial score (nSPS) is 18.1. The number of methoxy groups -OCH3 is 1. The van der Waals surface area contributed by atoms with Gasteiger partial charge in [0.15, 0.2) is 11.6 Å². The molecule has 12 heteroatoms. The van der Waals surface area contributed by atoms with Crippen molar-refractivity contribution in [2.24, 2.45) is 0 Å². The van der Waals surface area contributed by atoms with Crippen LogP contribution in [-0.2, 0) is 11.3 Å². The molecule has 2 aromatic carbocycles. The zero-order valence-electron chi connectivity index (χ0n) is 20.9. The fourth-order valence-corrected chi connectivity index (χ4v) is 4.65. The van der Waals surface area contributed by atoms with E-state index in [2.05, 4.69) is 15.7 Å². The summed E-state index contributed by atoms with van der Waals surface area (Å²) in [7, 11) is 1.57. The van der Waals surface area contributed by atoms with E-state index >= 15 is 0 Å². The maximum atomic E-state index is 14.0. The number of ether oxygens (including phenoxy) is 1. The molecule has 2 atom stereocenters. The van der Waals surface area contributed by atoms with Gasteiger partial charge in [0, 0.05) is 38.2 Å². The number of benzene rings is 2. The van der Waals surface area contributed by atoms with Gasteiger partial charge in [-0.25, -0.2) is 13.6 Å². The number of alkyl halides is 3. The van der Waals surface area contributed by atoms with E-state index in [-0.39, 0.29) is 23.0 Å². The number of nitrogens with one attached hydrogen (secondary N) is 2. The van der Waals surface area contributed by atoms with Crippen molar-refractivity contribution in [1.82, 2.24) is 20.0 Å². The SMILES string of the molecule is COCCN1C[C@@H](NC(=O)Nc2c(-c3ccccc3)nn(CC(F)(F)F)c2C)[C@H](c2ccc(F)c(F)c2)C1. The number of urea groups is 1. The third-order valence-corrected chi connectivity index (χ3v) is 6.52. The highest BCUT2D eigenvalue weighted by molar-refractivity contribution is 5.94. The first-order valence-electron chi connectivity index (χ1n) is 12.0. The predicted octanol–water partition coefficient (Wildman–Crippen LogP) is 4.93. The highest BCUT2D eigenvalue weighted by Gasteiger charge is 2.36. The Kier molecular flexibility index (Phi) is 8.32. The molecule has 204 valence electrons. The minimum absolute atomic E-state index is 0.140. The van der Waals surface area contributed by atoms with Crippen molar-refractivity contribution in [2.75, 3.05) is 38.7 Å². The van der Waals surface area contributed by atoms with E-state index in [1.807, 2.05) is 4.90 Å². The summed E-state index contributed by atoms with van der Waals surface area (Å²) >= 11 is 0. The Balaban J connectivity index is 1.59. The monoisotopic (exact) mass is 537 g/mol. The van der Waals surface area contributed by atoms with Gasteiger partial charge in [0.1, 0.15) is 12.2 Å². The number of hydrogen-bond donors (Lipinski definition) is 2. The van der Waals surface area contributed by atoms with E-state index < -0.39 is 36.4 Å². The van der Waals surface area contributed by atoms with Gasteiger partial charge in [0.2, 0.25) is 0 Å². The summed E-state index contributed by atoms with van der Waals surface area (Å²) in [6.07, 6.45) is -4.50. The molecule has 0 spiro atoms. The lowest BCUT2D eigenvalue weighted by Gasteiger charge is -2.21. The number of anilines is 1. The van der Waals surface area contributed by atoms with E-state index in [4.69, 9.17) is 4.74 Å². The minimum Gasteiger partial charge on any atom is -0.383 e. The lowest BCUT2D eigenvalue weighted by Crippen LogP contribution is -2.42. The van der Waals surface area contributed by atoms with E-state index in [1.165, 1.54) is 13.0 Å². The van der Waals surface area contributed by atoms with Gasteiger partial charge in [-0.1, -0.05) is 36.4 Å². The molecule has 1 saturated heterocycles. The van der Waals surface area contributed by atoms with Crippen molar-refractivity contribution in [3.8, 4) is 11.3 Å². The maximum Gasteiger partial charge on any atom is 0.408 e. The molecule has 1 aliphatic heterocycles. The maximum absolute atomic E-state index is 14.0. The molecule has 1 aliphatic rings. The fraction of sp³-hybridized carbons (Fsp3) is 0.385. The molecule has 0 saturated carbocycles. The molecular weight excluding hydrogens is 509 g/mol. The molecule has 4 rings (SSSR count). The van der Waals surface area contributed by atoms with Crippen molar-refractivity contribution < 1.29 is 31.5 Å². The Morgan fingerprint density at radius 2 is 1.84 bits per heavy atom. The summed E-state index contributed by atoms with van der Waals surface area (Å²) in [5.41, 5.74) is 1.55. The van der Waals surface area contributed by atoms with Crippen LogP contribution in [0.2, 0.25) is 0 Å². The summed E-state index contributed by atoms with van der Waals surface area (Å²) < 4.78 is 72.9. The molecule has 0 unspecified atom stereocenters. The van der Waals surface area contributed by atoms with Crippen LogP contribution < -0.4 is 10.6 Å². The second-order valence-electron chi connectivity index (χ2n) is 9.19. The zero-order chi connectivity index (χ0) is 27.4. The first kappa shape index (κ1) is 27.5. The van der Waals surface area contributed by atoms with Gasteiger partial charge in [-0.15, -0.1) is 0 Å². The van der Waals surface area contributed by atoms with Crippen LogP contribution in [0.4, 0.5) is 32.4 Å². The standard InChI is InChI=1S/C26H28F5N5O2/c1-16-23(24(17-6-4-3-5-7-17)34-36(16)15-26(29,30)31)33-25(37)32-22-14-35(10-11-38-2)13-19(22)18-8-9-20(27)21(28)12-18/h3-9,12,19,22H,10-11,13-15H2,1-2H3,(H2,32,33,37)/t19-,22+/m0/s1. The molecule has 2 N–H and O–H groups in total. The first-order chi connectivity index (χ1) is 18.1. The van der Waals surface area contributed by atoms with E-state index in [1.54, 1.807) is 37.4 Å². The van der Waals surface area contributed by atoms with Gasteiger partial charge >= 0.3 is 12.2 Å². The number of halogens is 5. The Morgan fingerprint density at radius 1 is 1.11 bits per heavy atom. The van der Waals surface area contributed by atoms with E-state index in [0.717, 1.165) is 16.8 Å². The van der Waals surface area contributed by atoms with Gasteiger partial charge in [-0.2, -0.15) is 18.3 Å². The average Bonchev–Trinajstić information content (AvgIpc) is 3.40. The molecule has 0 aliphatic carbocycles. The number of likely N-dealkylation sites (tertiary alicyclic amines) is 1. The molecule has 2 heterocycles. The predicted molar refractivity (Wildman–Crippen MR) is 132 cm³/mol. The molecule has 7 nitrogen and oxygen atoms in total. The summed E-state index contributed by atoms with van der Waals surface area (Å²) in [4.78, 5) is 15.2. The third-order valence-electron chi connectivity index (χ3n) is 6.52. The highest BCUT2D eigenvalue weighted by atomic mass is 19.4. The molecular formula is C26H28F5N5O2. The summed E-state index contributed by atoms with van der Waals surface area (Å²) in [5, 5.41) is 9.69. The van der Waals surface area contributed by atoms with Gasteiger partial charge in [-0.05, 0) is 24.6 Å². The summed E-state index contributed by atoms with van der Waals surface area (Å²) in [6.45, 7) is 2.04. The number of carbonyl (C=O) groups excluding carboxylic acids is 1. The first-order valence-corrected chi connectivity index (χ1v) is 12.0. The third kappa shape index (κ3) is 6.48. The molecule has 38 heavy (non-hydrogen) atoms. The molecule has 0 radical (unpaired) electrons. The van der Waals surface area contributed by atoms with Crippen LogP contribution in [0.15, 0.2) is 48.5 Å². The van der Waals surface area contributed by atoms with Crippen molar-refractivity contribution in [2.45, 2.75) is 31.6 Å². The molecule has 0 bridgehead atoms. The van der Waals surface area contributed by atoms with Crippen LogP contribution in [0.5, 0.6) is 0 Å². The summed E-state index contributed by atoms with van der Waals surface area (Å²) in [5.74, 6) is -2.30. The van der Waals surface area contributed by atoms with Crippen LogP contribution in [0.25, 0.3) is 11.3 Å². The smallest absolute Gasteiger partial charge is 0.383 e. The van der Waals surface area contributed by atoms with E-state index in [0.29, 0.717) is 37.4 Å². The quantitative estimate of drug-likeness (QED) is 0.400. The molecule has 3 aromatic rings. The van der Waals surface area contributed by atoms with Gasteiger partial charge in [0.25, 0.3) is 0 Å². The Bertz CT molecular complexity index is 1260. The second kappa shape index (κ2) is 11.5. The Hall–Kier alpha value is -3.51. The van der Waals surface area contributed by atoms with Crippen molar-refractivity contribution in [3.63, 3.8) is 0 Å². The topological polar surface area (TPSA) is 71.4 Å². The number of nitrogens with zero attached hydrogens (tertiary/aromatic N) is 3. The van der Waals surface area contributed by atoms with E-state index in [9.17, 15) is 26.7 Å². The van der Waals surface area contributed by atoms with Crippen LogP contribution in [0, 0.1) is 18.6 Å². The summed E-state index contributed by atoms with van der Waals surface area (Å²) in [6, 6.07) is 11.1. The van der Waals surface area contributed by atoms with Crippen LogP contribution in [0.3, 0.4) is 0 Å². The van der Waals surface area contributed by atoms with Crippen molar-refractivity contribution in [1.29, 1.82) is 0 Å². The second-order valence-corrected chi connectivity index (χ2v) is 9.19. The molecule has 1 aromatic heterocycles. The van der Waals surface area contributed by atoms with Crippen LogP contribution in [-0.4, -0.2) is 66.3 Å². The number of carbonyl (C=O) groups is 1. The zero-order valence-corrected chi connectivity index (χ0v) is 20.9. The molecule has 1 fully saturated rings. The Morgan fingerprint density at radius 3 is 2.50 bits per heavy atom. The lowest BCUT2D eigenvalue weighted by molar-refractivity contribution is -0.142. The number of rotatable bonds is 8. The fourth-order valence-electron chi connectivity index (χ4n) is 4.65. The average molecular weight is 538 g/mol.